The first-order chi connectivity index (χ1) is 5.25. The fourth-order valence-electron chi connectivity index (χ4n) is 0.846. The predicted molar refractivity (Wildman–Crippen MR) is 35.5 cm³/mol. The van der Waals surface area contributed by atoms with E-state index in [4.69, 9.17) is 0 Å². The monoisotopic (exact) mass is 152 g/mol. The van der Waals surface area contributed by atoms with Gasteiger partial charge >= 0.3 is 6.08 Å². The number of hydrogen-bond acceptors (Lipinski definition) is 3. The highest BCUT2D eigenvalue weighted by Crippen LogP contribution is 1.98. The van der Waals surface area contributed by atoms with Gasteiger partial charge in [0.2, 0.25) is 0 Å². The summed E-state index contributed by atoms with van der Waals surface area (Å²) in [5.41, 5.74) is 1.20. The fourth-order valence-corrected chi connectivity index (χ4v) is 0.846. The molecule has 0 bridgehead atoms. The zero-order chi connectivity index (χ0) is 7.84. The Kier molecular flexibility index (Phi) is 1.12. The van der Waals surface area contributed by atoms with Crippen molar-refractivity contribution in [1.82, 2.24) is 19.8 Å². The fraction of sp³-hybridized carbons (Fsp3) is 0.167. The summed E-state index contributed by atoms with van der Waals surface area (Å²) in [6.45, 7) is 1.80. The second-order valence-corrected chi connectivity index (χ2v) is 2.20. The van der Waals surface area contributed by atoms with Crippen molar-refractivity contribution < 1.29 is 4.39 Å². The summed E-state index contributed by atoms with van der Waals surface area (Å²) in [6.07, 6.45) is -0.747. The van der Waals surface area contributed by atoms with E-state index in [2.05, 4.69) is 15.2 Å². The largest absolute Gasteiger partial charge is 0.329 e. The van der Waals surface area contributed by atoms with E-state index in [1.54, 1.807) is 19.1 Å². The van der Waals surface area contributed by atoms with Gasteiger partial charge in [-0.2, -0.15) is 14.5 Å². The van der Waals surface area contributed by atoms with Gasteiger partial charge in [0.1, 0.15) is 0 Å². The summed E-state index contributed by atoms with van der Waals surface area (Å²) in [6, 6.07) is 3.42. The van der Waals surface area contributed by atoms with Gasteiger partial charge in [0.25, 0.3) is 0 Å². The third-order valence-electron chi connectivity index (χ3n) is 1.32. The third kappa shape index (κ3) is 0.938. The Morgan fingerprint density at radius 2 is 2.18 bits per heavy atom. The van der Waals surface area contributed by atoms with Crippen molar-refractivity contribution in [3.63, 3.8) is 0 Å². The average molecular weight is 152 g/mol. The van der Waals surface area contributed by atoms with Crippen LogP contribution in [0.4, 0.5) is 4.39 Å². The lowest BCUT2D eigenvalue weighted by atomic mass is 10.4. The Hall–Kier alpha value is -1.52. The molecule has 0 fully saturated rings. The molecular weight excluding hydrogens is 147 g/mol. The third-order valence-corrected chi connectivity index (χ3v) is 1.32. The SMILES string of the molecule is Cc1ccc2nc(F)nn2n1. The number of aryl methyl sites for hydroxylation is 1. The van der Waals surface area contributed by atoms with Crippen LogP contribution in [0.25, 0.3) is 5.65 Å². The molecule has 2 heterocycles. The Balaban J connectivity index is 2.82. The van der Waals surface area contributed by atoms with E-state index in [1.807, 2.05) is 0 Å². The lowest BCUT2D eigenvalue weighted by Crippen LogP contribution is -1.95. The lowest BCUT2D eigenvalue weighted by Gasteiger charge is -1.89. The van der Waals surface area contributed by atoms with Gasteiger partial charge in [-0.05, 0) is 19.1 Å². The van der Waals surface area contributed by atoms with Crippen molar-refractivity contribution >= 4 is 5.65 Å². The number of nitrogens with zero attached hydrogens (tertiary/aromatic N) is 4. The van der Waals surface area contributed by atoms with E-state index in [0.29, 0.717) is 5.65 Å². The maximum atomic E-state index is 12.4. The number of hydrogen-bond donors (Lipinski definition) is 0. The summed E-state index contributed by atoms with van der Waals surface area (Å²) in [5.74, 6) is 0. The first-order valence-corrected chi connectivity index (χ1v) is 3.12. The van der Waals surface area contributed by atoms with Crippen LogP contribution in [0.15, 0.2) is 12.1 Å². The first-order valence-electron chi connectivity index (χ1n) is 3.12. The van der Waals surface area contributed by atoms with Gasteiger partial charge in [0, 0.05) is 0 Å². The minimum absolute atomic E-state index is 0.424. The van der Waals surface area contributed by atoms with Crippen LogP contribution in [-0.2, 0) is 0 Å². The van der Waals surface area contributed by atoms with Crippen LogP contribution in [0.1, 0.15) is 5.69 Å². The minimum atomic E-state index is -0.747. The van der Waals surface area contributed by atoms with Crippen molar-refractivity contribution in [3.05, 3.63) is 23.9 Å². The van der Waals surface area contributed by atoms with Gasteiger partial charge in [-0.15, -0.1) is 4.63 Å². The zero-order valence-corrected chi connectivity index (χ0v) is 5.82. The molecule has 2 aromatic rings. The van der Waals surface area contributed by atoms with Crippen LogP contribution in [0.5, 0.6) is 0 Å². The maximum Gasteiger partial charge on any atom is 0.329 e. The van der Waals surface area contributed by atoms with Gasteiger partial charge in [-0.25, -0.2) is 0 Å². The van der Waals surface area contributed by atoms with Crippen LogP contribution in [0, 0.1) is 13.0 Å². The first kappa shape index (κ1) is 6.21. The molecule has 0 aliphatic carbocycles. The molecular formula is C6H5FN4. The standard InChI is InChI=1S/C6H5FN4/c1-4-2-3-5-8-6(7)10-11(5)9-4/h2-3H,1H3. The molecule has 0 N–H and O–H groups in total. The van der Waals surface area contributed by atoms with Crippen molar-refractivity contribution in [2.75, 3.05) is 0 Å². The molecule has 0 unspecified atom stereocenters. The van der Waals surface area contributed by atoms with Crippen LogP contribution in [0.2, 0.25) is 0 Å². The van der Waals surface area contributed by atoms with Gasteiger partial charge in [-0.1, -0.05) is 5.10 Å². The van der Waals surface area contributed by atoms with Crippen LogP contribution >= 0.6 is 0 Å². The van der Waals surface area contributed by atoms with E-state index in [1.165, 1.54) is 4.63 Å². The second-order valence-electron chi connectivity index (χ2n) is 2.20. The van der Waals surface area contributed by atoms with E-state index < -0.39 is 6.08 Å². The molecule has 5 heteroatoms. The Labute approximate surface area is 61.7 Å². The van der Waals surface area contributed by atoms with Crippen molar-refractivity contribution in [1.29, 1.82) is 0 Å². The molecule has 0 aromatic carbocycles. The molecule has 0 saturated heterocycles. The zero-order valence-electron chi connectivity index (χ0n) is 5.82. The number of rotatable bonds is 0. The smallest absolute Gasteiger partial charge is 0.180 e. The highest BCUT2D eigenvalue weighted by atomic mass is 19.1. The number of aromatic nitrogens is 4. The van der Waals surface area contributed by atoms with Gasteiger partial charge in [-0.3, -0.25) is 0 Å². The van der Waals surface area contributed by atoms with Gasteiger partial charge in [0.05, 0.1) is 5.69 Å². The van der Waals surface area contributed by atoms with Crippen LogP contribution in [-0.4, -0.2) is 19.8 Å². The van der Waals surface area contributed by atoms with Crippen LogP contribution < -0.4 is 0 Å². The molecule has 56 valence electrons. The highest BCUT2D eigenvalue weighted by Gasteiger charge is 2.01. The van der Waals surface area contributed by atoms with E-state index in [-0.39, 0.29) is 0 Å². The van der Waals surface area contributed by atoms with Crippen LogP contribution in [0.3, 0.4) is 0 Å². The molecule has 11 heavy (non-hydrogen) atoms. The number of halogens is 1. The predicted octanol–water partition coefficient (Wildman–Crippen LogP) is 0.572. The number of fused-ring (bicyclic) bond motifs is 1. The minimum Gasteiger partial charge on any atom is -0.180 e. The quantitative estimate of drug-likeness (QED) is 0.554. The molecule has 0 saturated carbocycles. The Bertz CT molecular complexity index is 394. The molecule has 0 radical (unpaired) electrons. The van der Waals surface area contributed by atoms with Crippen molar-refractivity contribution in [3.8, 4) is 0 Å². The van der Waals surface area contributed by atoms with E-state index >= 15 is 0 Å². The molecule has 0 spiro atoms. The normalized spacial score (nSPS) is 10.7. The second kappa shape index (κ2) is 1.98. The van der Waals surface area contributed by atoms with Crippen molar-refractivity contribution in [2.24, 2.45) is 0 Å². The Morgan fingerprint density at radius 3 is 3.00 bits per heavy atom. The van der Waals surface area contributed by atoms with Gasteiger partial charge in [0.15, 0.2) is 5.65 Å². The van der Waals surface area contributed by atoms with E-state index in [9.17, 15) is 4.39 Å². The topological polar surface area (TPSA) is 43.1 Å². The molecule has 4 nitrogen and oxygen atoms in total. The van der Waals surface area contributed by atoms with E-state index in [0.717, 1.165) is 5.69 Å². The molecule has 0 amide bonds. The maximum absolute atomic E-state index is 12.4. The van der Waals surface area contributed by atoms with Crippen molar-refractivity contribution in [2.45, 2.75) is 6.92 Å². The van der Waals surface area contributed by atoms with Gasteiger partial charge < -0.3 is 0 Å². The Morgan fingerprint density at radius 1 is 1.36 bits per heavy atom. The molecule has 2 aromatic heterocycles. The molecule has 0 aliphatic rings. The average Bonchev–Trinajstić information content (AvgIpc) is 2.27. The lowest BCUT2D eigenvalue weighted by molar-refractivity contribution is 0.530. The summed E-state index contributed by atoms with van der Waals surface area (Å²) in [4.78, 5) is 3.48. The molecule has 0 atom stereocenters. The summed E-state index contributed by atoms with van der Waals surface area (Å²) in [5, 5.41) is 7.30. The molecule has 0 aliphatic heterocycles. The summed E-state index contributed by atoms with van der Waals surface area (Å²) < 4.78 is 13.5. The highest BCUT2D eigenvalue weighted by molar-refractivity contribution is 5.34. The summed E-state index contributed by atoms with van der Waals surface area (Å²) >= 11 is 0. The molecule has 2 rings (SSSR count). The summed E-state index contributed by atoms with van der Waals surface area (Å²) in [7, 11) is 0.